The van der Waals surface area contributed by atoms with Crippen LogP contribution in [0.2, 0.25) is 0 Å². The summed E-state index contributed by atoms with van der Waals surface area (Å²) in [4.78, 5) is 23.9. The smallest absolute Gasteiger partial charge is 0.264 e. The monoisotopic (exact) mass is 432 g/mol. The summed E-state index contributed by atoms with van der Waals surface area (Å²) in [7, 11) is 3.38. The zero-order chi connectivity index (χ0) is 21.4. The number of ether oxygens (including phenoxy) is 2. The van der Waals surface area contributed by atoms with Crippen LogP contribution in [0.4, 0.5) is 17.2 Å². The average molecular weight is 433 g/mol. The summed E-state index contributed by atoms with van der Waals surface area (Å²) in [6, 6.07) is 15.9. The molecule has 4 aromatic rings. The number of amides is 1. The highest BCUT2D eigenvalue weighted by Crippen LogP contribution is 2.39. The molecular formula is C23H20N4O3S. The zero-order valence-corrected chi connectivity index (χ0v) is 17.9. The maximum absolute atomic E-state index is 12.0. The Morgan fingerprint density at radius 1 is 1.19 bits per heavy atom. The Morgan fingerprint density at radius 3 is 2.84 bits per heavy atom. The Bertz CT molecular complexity index is 1270. The van der Waals surface area contributed by atoms with Crippen LogP contribution in [0.15, 0.2) is 53.9 Å². The van der Waals surface area contributed by atoms with Crippen molar-refractivity contribution in [1.29, 1.82) is 0 Å². The third-order valence-corrected chi connectivity index (χ3v) is 6.02. The summed E-state index contributed by atoms with van der Waals surface area (Å²) in [5, 5.41) is 6.49. The first-order valence-corrected chi connectivity index (χ1v) is 10.6. The molecule has 7 nitrogen and oxygen atoms in total. The van der Waals surface area contributed by atoms with Crippen LogP contribution in [0.5, 0.6) is 5.75 Å². The topological polar surface area (TPSA) is 76.6 Å². The maximum atomic E-state index is 12.0. The van der Waals surface area contributed by atoms with Gasteiger partial charge in [0.2, 0.25) is 0 Å². The van der Waals surface area contributed by atoms with Gasteiger partial charge >= 0.3 is 0 Å². The lowest BCUT2D eigenvalue weighted by molar-refractivity contribution is -0.120. The second kappa shape index (κ2) is 7.98. The highest BCUT2D eigenvalue weighted by Gasteiger charge is 2.23. The molecule has 0 saturated heterocycles. The molecule has 2 aromatic heterocycles. The highest BCUT2D eigenvalue weighted by molar-refractivity contribution is 7.17. The van der Waals surface area contributed by atoms with Crippen molar-refractivity contribution in [2.45, 2.75) is 6.61 Å². The van der Waals surface area contributed by atoms with E-state index in [2.05, 4.69) is 27.8 Å². The van der Waals surface area contributed by atoms with Gasteiger partial charge in [-0.2, -0.15) is 0 Å². The Morgan fingerprint density at radius 2 is 2.03 bits per heavy atom. The molecule has 31 heavy (non-hydrogen) atoms. The van der Waals surface area contributed by atoms with E-state index >= 15 is 0 Å². The van der Waals surface area contributed by atoms with Gasteiger partial charge in [-0.1, -0.05) is 30.3 Å². The lowest BCUT2D eigenvalue weighted by Crippen LogP contribution is -2.35. The van der Waals surface area contributed by atoms with Gasteiger partial charge < -0.3 is 19.7 Å². The van der Waals surface area contributed by atoms with Crippen LogP contribution in [0, 0.1) is 0 Å². The largest absolute Gasteiger partial charge is 0.482 e. The van der Waals surface area contributed by atoms with Crippen molar-refractivity contribution in [3.05, 3.63) is 59.7 Å². The second-order valence-corrected chi connectivity index (χ2v) is 8.02. The lowest BCUT2D eigenvalue weighted by Gasteiger charge is -2.26. The number of thiophene rings is 1. The van der Waals surface area contributed by atoms with Gasteiger partial charge in [0, 0.05) is 30.8 Å². The molecule has 0 aliphatic carbocycles. The van der Waals surface area contributed by atoms with E-state index in [1.807, 2.05) is 36.4 Å². The van der Waals surface area contributed by atoms with Gasteiger partial charge in [0.15, 0.2) is 12.4 Å². The number of nitrogens with one attached hydrogen (secondary N) is 1. The van der Waals surface area contributed by atoms with Gasteiger partial charge in [0.05, 0.1) is 11.1 Å². The number of likely N-dealkylation sites (N-methyl/N-ethyl adjacent to an activating group) is 1. The molecule has 8 heteroatoms. The average Bonchev–Trinajstić information content (AvgIpc) is 3.22. The van der Waals surface area contributed by atoms with Gasteiger partial charge in [-0.05, 0) is 23.8 Å². The van der Waals surface area contributed by atoms with E-state index in [1.54, 1.807) is 30.4 Å². The van der Waals surface area contributed by atoms with Gasteiger partial charge in [-0.3, -0.25) is 4.79 Å². The molecule has 0 saturated carbocycles. The van der Waals surface area contributed by atoms with Crippen LogP contribution in [0.25, 0.3) is 21.3 Å². The third-order valence-electron chi connectivity index (χ3n) is 5.15. The van der Waals surface area contributed by atoms with Crippen molar-refractivity contribution in [3.8, 4) is 16.9 Å². The van der Waals surface area contributed by atoms with Crippen LogP contribution in [-0.2, 0) is 16.1 Å². The van der Waals surface area contributed by atoms with Gasteiger partial charge in [-0.25, -0.2) is 9.97 Å². The van der Waals surface area contributed by atoms with E-state index in [1.165, 1.54) is 0 Å². The molecule has 0 radical (unpaired) electrons. The zero-order valence-electron chi connectivity index (χ0n) is 17.1. The number of methoxy groups -OCH3 is 1. The normalized spacial score (nSPS) is 13.2. The number of hydrogen-bond donors (Lipinski definition) is 1. The summed E-state index contributed by atoms with van der Waals surface area (Å²) in [6.45, 7) is 0.372. The molecule has 1 aliphatic heterocycles. The Kier molecular flexibility index (Phi) is 5.01. The number of anilines is 3. The van der Waals surface area contributed by atoms with E-state index < -0.39 is 0 Å². The second-order valence-electron chi connectivity index (χ2n) is 7.17. The van der Waals surface area contributed by atoms with Crippen LogP contribution in [0.1, 0.15) is 5.82 Å². The van der Waals surface area contributed by atoms with Crippen molar-refractivity contribution in [1.82, 2.24) is 9.97 Å². The van der Waals surface area contributed by atoms with Crippen LogP contribution < -0.4 is 15.0 Å². The summed E-state index contributed by atoms with van der Waals surface area (Å²) < 4.78 is 10.8. The minimum absolute atomic E-state index is 0.0541. The molecule has 0 bridgehead atoms. The van der Waals surface area contributed by atoms with E-state index in [0.29, 0.717) is 24.0 Å². The number of carbonyl (C=O) groups is 1. The molecule has 156 valence electrons. The number of nitrogens with zero attached hydrogens (tertiary/aromatic N) is 3. The molecule has 5 rings (SSSR count). The fourth-order valence-corrected chi connectivity index (χ4v) is 4.55. The molecule has 1 N–H and O–H groups in total. The maximum Gasteiger partial charge on any atom is 0.264 e. The van der Waals surface area contributed by atoms with Crippen LogP contribution in [-0.4, -0.2) is 36.6 Å². The molecule has 0 spiro atoms. The molecule has 0 fully saturated rings. The fraction of sp³-hybridized carbons (Fsp3) is 0.174. The predicted molar refractivity (Wildman–Crippen MR) is 122 cm³/mol. The standard InChI is InChI=1S/C23H20N4O3S/c1-27-17-10-15(8-9-18(17)30-12-20(27)28)24-22-21-16(14-6-4-3-5-7-14)13-31-23(21)26-19(25-22)11-29-2/h3-10,13H,11-12H2,1-2H3,(H,24,25,26). The molecule has 2 aromatic carbocycles. The van der Waals surface area contributed by atoms with E-state index in [-0.39, 0.29) is 12.5 Å². The van der Waals surface area contributed by atoms with Crippen molar-refractivity contribution in [2.24, 2.45) is 0 Å². The molecular weight excluding hydrogens is 412 g/mol. The molecule has 0 atom stereocenters. The first kappa shape index (κ1) is 19.5. The third kappa shape index (κ3) is 3.60. The van der Waals surface area contributed by atoms with Gasteiger partial charge in [0.25, 0.3) is 5.91 Å². The number of hydrogen-bond acceptors (Lipinski definition) is 7. The fourth-order valence-electron chi connectivity index (χ4n) is 3.59. The Hall–Kier alpha value is -3.49. The predicted octanol–water partition coefficient (Wildman–Crippen LogP) is 4.60. The quantitative estimate of drug-likeness (QED) is 0.497. The molecule has 1 amide bonds. The molecule has 1 aliphatic rings. The van der Waals surface area contributed by atoms with Crippen molar-refractivity contribution in [2.75, 3.05) is 31.0 Å². The first-order chi connectivity index (χ1) is 15.1. The Labute approximate surface area is 183 Å². The highest BCUT2D eigenvalue weighted by atomic mass is 32.1. The number of fused-ring (bicyclic) bond motifs is 2. The SMILES string of the molecule is COCc1nc(Nc2ccc3c(c2)N(C)C(=O)CO3)c2c(-c3ccccc3)csc2n1. The number of aromatic nitrogens is 2. The number of rotatable bonds is 5. The van der Waals surface area contributed by atoms with Crippen LogP contribution in [0.3, 0.4) is 0 Å². The minimum Gasteiger partial charge on any atom is -0.482 e. The van der Waals surface area contributed by atoms with Crippen molar-refractivity contribution >= 4 is 44.7 Å². The molecule has 0 unspecified atom stereocenters. The minimum atomic E-state index is -0.0827. The van der Waals surface area contributed by atoms with E-state index in [0.717, 1.165) is 32.7 Å². The first-order valence-electron chi connectivity index (χ1n) is 9.77. The summed E-state index contributed by atoms with van der Waals surface area (Å²) in [5.41, 5.74) is 3.69. The number of carbonyl (C=O) groups excluding carboxylic acids is 1. The van der Waals surface area contributed by atoms with E-state index in [9.17, 15) is 4.79 Å². The Balaban J connectivity index is 1.62. The van der Waals surface area contributed by atoms with Gasteiger partial charge in [-0.15, -0.1) is 11.3 Å². The van der Waals surface area contributed by atoms with Gasteiger partial charge in [0.1, 0.15) is 23.0 Å². The van der Waals surface area contributed by atoms with Crippen LogP contribution >= 0.6 is 11.3 Å². The summed E-state index contributed by atoms with van der Waals surface area (Å²) in [6.07, 6.45) is 0. The van der Waals surface area contributed by atoms with Crippen molar-refractivity contribution in [3.63, 3.8) is 0 Å². The van der Waals surface area contributed by atoms with E-state index in [4.69, 9.17) is 14.5 Å². The summed E-state index contributed by atoms with van der Waals surface area (Å²) in [5.74, 6) is 1.90. The van der Waals surface area contributed by atoms with Crippen molar-refractivity contribution < 1.29 is 14.3 Å². The lowest BCUT2D eigenvalue weighted by atomic mass is 10.1. The number of benzene rings is 2. The summed E-state index contributed by atoms with van der Waals surface area (Å²) >= 11 is 1.58. The molecule has 3 heterocycles.